The summed E-state index contributed by atoms with van der Waals surface area (Å²) in [5.74, 6) is -1.11. The lowest BCUT2D eigenvalue weighted by atomic mass is 10.2. The third-order valence-electron chi connectivity index (χ3n) is 1.55. The number of ether oxygens (including phenoxy) is 1. The predicted molar refractivity (Wildman–Crippen MR) is 49.8 cm³/mol. The molecular formula is C9H10O3S. The van der Waals surface area contributed by atoms with Crippen LogP contribution in [0.1, 0.15) is 29.1 Å². The molecule has 1 rings (SSSR count). The second-order valence-corrected chi connectivity index (χ2v) is 3.43. The quantitative estimate of drug-likeness (QED) is 0.539. The highest BCUT2D eigenvalue weighted by molar-refractivity contribution is 7.12. The van der Waals surface area contributed by atoms with Gasteiger partial charge in [0.05, 0.1) is 0 Å². The number of carbonyl (C=O) groups is 2. The highest BCUT2D eigenvalue weighted by atomic mass is 32.1. The minimum Gasteiger partial charge on any atom is -0.389 e. The van der Waals surface area contributed by atoms with Gasteiger partial charge in [-0.2, -0.15) is 0 Å². The molecule has 0 unspecified atom stereocenters. The van der Waals surface area contributed by atoms with E-state index in [-0.39, 0.29) is 0 Å². The van der Waals surface area contributed by atoms with Crippen LogP contribution in [0.4, 0.5) is 0 Å². The molecule has 13 heavy (non-hydrogen) atoms. The molecule has 1 aromatic heterocycles. The second-order valence-electron chi connectivity index (χ2n) is 2.51. The van der Waals surface area contributed by atoms with Gasteiger partial charge in [0.15, 0.2) is 0 Å². The third-order valence-corrected chi connectivity index (χ3v) is 2.49. The smallest absolute Gasteiger partial charge is 0.356 e. The SMILES string of the molecule is CCc1ccsc1C(=O)OC(C)=O. The molecule has 0 aromatic carbocycles. The van der Waals surface area contributed by atoms with E-state index >= 15 is 0 Å². The Hall–Kier alpha value is -1.16. The first-order valence-corrected chi connectivity index (χ1v) is 4.82. The Morgan fingerprint density at radius 1 is 1.54 bits per heavy atom. The number of hydrogen-bond acceptors (Lipinski definition) is 4. The van der Waals surface area contributed by atoms with Gasteiger partial charge in [0.1, 0.15) is 4.88 Å². The Labute approximate surface area is 80.3 Å². The number of rotatable bonds is 2. The second kappa shape index (κ2) is 4.18. The Morgan fingerprint density at radius 3 is 2.77 bits per heavy atom. The van der Waals surface area contributed by atoms with Crippen LogP contribution in [0.5, 0.6) is 0 Å². The molecule has 0 N–H and O–H groups in total. The summed E-state index contributed by atoms with van der Waals surface area (Å²) in [6, 6.07) is 1.86. The highest BCUT2D eigenvalue weighted by Gasteiger charge is 2.14. The van der Waals surface area contributed by atoms with Crippen LogP contribution in [0, 0.1) is 0 Å². The van der Waals surface area contributed by atoms with Gasteiger partial charge in [-0.05, 0) is 23.4 Å². The average molecular weight is 198 g/mol. The van der Waals surface area contributed by atoms with E-state index in [1.807, 2.05) is 18.4 Å². The molecule has 70 valence electrons. The molecule has 0 aliphatic carbocycles. The minimum absolute atomic E-state index is 0.526. The predicted octanol–water partition coefficient (Wildman–Crippen LogP) is 2.01. The summed E-state index contributed by atoms with van der Waals surface area (Å²) >= 11 is 1.30. The molecule has 0 bridgehead atoms. The number of carbonyl (C=O) groups excluding carboxylic acids is 2. The van der Waals surface area contributed by atoms with Crippen molar-refractivity contribution in [3.05, 3.63) is 21.9 Å². The Balaban J connectivity index is 2.82. The highest BCUT2D eigenvalue weighted by Crippen LogP contribution is 2.18. The molecule has 0 atom stereocenters. The minimum atomic E-state index is -0.569. The van der Waals surface area contributed by atoms with Crippen molar-refractivity contribution in [1.82, 2.24) is 0 Å². The van der Waals surface area contributed by atoms with Crippen molar-refractivity contribution in [2.45, 2.75) is 20.3 Å². The third kappa shape index (κ3) is 2.39. The molecule has 0 aliphatic heterocycles. The van der Waals surface area contributed by atoms with E-state index in [2.05, 4.69) is 4.74 Å². The van der Waals surface area contributed by atoms with Crippen molar-refractivity contribution in [2.75, 3.05) is 0 Å². The Bertz CT molecular complexity index is 327. The summed E-state index contributed by atoms with van der Waals surface area (Å²) in [6.07, 6.45) is 0.770. The van der Waals surface area contributed by atoms with Crippen LogP contribution < -0.4 is 0 Å². The molecule has 0 amide bonds. The number of hydrogen-bond donors (Lipinski definition) is 0. The van der Waals surface area contributed by atoms with Crippen molar-refractivity contribution in [3.63, 3.8) is 0 Å². The summed E-state index contributed by atoms with van der Waals surface area (Å²) in [5.41, 5.74) is 0.927. The van der Waals surface area contributed by atoms with Crippen molar-refractivity contribution < 1.29 is 14.3 Å². The van der Waals surface area contributed by atoms with Crippen LogP contribution in [-0.2, 0) is 16.0 Å². The van der Waals surface area contributed by atoms with E-state index in [9.17, 15) is 9.59 Å². The molecule has 0 radical (unpaired) electrons. The number of thiophene rings is 1. The maximum Gasteiger partial charge on any atom is 0.356 e. The fraction of sp³-hybridized carbons (Fsp3) is 0.333. The van der Waals surface area contributed by atoms with Crippen LogP contribution in [0.15, 0.2) is 11.4 Å². The van der Waals surface area contributed by atoms with Crippen LogP contribution in [0.3, 0.4) is 0 Å². The molecule has 0 spiro atoms. The van der Waals surface area contributed by atoms with Gasteiger partial charge in [-0.1, -0.05) is 6.92 Å². The monoisotopic (exact) mass is 198 g/mol. The van der Waals surface area contributed by atoms with Crippen molar-refractivity contribution in [2.24, 2.45) is 0 Å². The lowest BCUT2D eigenvalue weighted by Gasteiger charge is -1.98. The average Bonchev–Trinajstić information content (AvgIpc) is 2.49. The molecule has 0 fully saturated rings. The maximum absolute atomic E-state index is 11.3. The van der Waals surface area contributed by atoms with E-state index in [1.54, 1.807) is 0 Å². The standard InChI is InChI=1S/C9H10O3S/c1-3-7-4-5-13-8(7)9(11)12-6(2)10/h4-5H,3H2,1-2H3. The van der Waals surface area contributed by atoms with Gasteiger partial charge >= 0.3 is 11.9 Å². The lowest BCUT2D eigenvalue weighted by Crippen LogP contribution is -2.09. The fourth-order valence-electron chi connectivity index (χ4n) is 0.970. The number of aryl methyl sites for hydroxylation is 1. The zero-order valence-corrected chi connectivity index (χ0v) is 8.31. The molecular weight excluding hydrogens is 188 g/mol. The van der Waals surface area contributed by atoms with E-state index < -0.39 is 11.9 Å². The van der Waals surface area contributed by atoms with Crippen LogP contribution in [0.25, 0.3) is 0 Å². The summed E-state index contributed by atoms with van der Waals surface area (Å²) in [6.45, 7) is 3.17. The van der Waals surface area contributed by atoms with E-state index in [0.29, 0.717) is 4.88 Å². The van der Waals surface area contributed by atoms with Crippen molar-refractivity contribution in [3.8, 4) is 0 Å². The van der Waals surface area contributed by atoms with Crippen LogP contribution in [0.2, 0.25) is 0 Å². The van der Waals surface area contributed by atoms with E-state index in [0.717, 1.165) is 12.0 Å². The molecule has 1 aromatic rings. The molecule has 3 nitrogen and oxygen atoms in total. The maximum atomic E-state index is 11.3. The lowest BCUT2D eigenvalue weighted by molar-refractivity contribution is -0.135. The summed E-state index contributed by atoms with van der Waals surface area (Å²) in [5, 5.41) is 1.82. The van der Waals surface area contributed by atoms with E-state index in [1.165, 1.54) is 18.3 Å². The van der Waals surface area contributed by atoms with Crippen molar-refractivity contribution in [1.29, 1.82) is 0 Å². The first-order chi connectivity index (χ1) is 6.15. The zero-order valence-electron chi connectivity index (χ0n) is 7.49. The van der Waals surface area contributed by atoms with Crippen LogP contribution in [-0.4, -0.2) is 11.9 Å². The first kappa shape index (κ1) is 9.92. The van der Waals surface area contributed by atoms with Gasteiger partial charge in [-0.25, -0.2) is 4.79 Å². The largest absolute Gasteiger partial charge is 0.389 e. The Kier molecular flexibility index (Phi) is 3.19. The molecule has 4 heteroatoms. The summed E-state index contributed by atoms with van der Waals surface area (Å²) in [4.78, 5) is 22.3. The first-order valence-electron chi connectivity index (χ1n) is 3.94. The molecule has 0 saturated heterocycles. The molecule has 0 saturated carbocycles. The summed E-state index contributed by atoms with van der Waals surface area (Å²) < 4.78 is 4.47. The topological polar surface area (TPSA) is 43.4 Å². The summed E-state index contributed by atoms with van der Waals surface area (Å²) in [7, 11) is 0. The normalized spacial score (nSPS) is 9.69. The van der Waals surface area contributed by atoms with Gasteiger partial charge < -0.3 is 4.74 Å². The number of esters is 2. The zero-order chi connectivity index (χ0) is 9.84. The van der Waals surface area contributed by atoms with Gasteiger partial charge in [-0.3, -0.25) is 4.79 Å². The van der Waals surface area contributed by atoms with Gasteiger partial charge in [0.2, 0.25) is 0 Å². The van der Waals surface area contributed by atoms with E-state index in [4.69, 9.17) is 0 Å². The van der Waals surface area contributed by atoms with Gasteiger partial charge in [0.25, 0.3) is 0 Å². The fourth-order valence-corrected chi connectivity index (χ4v) is 1.84. The Morgan fingerprint density at radius 2 is 2.23 bits per heavy atom. The molecule has 1 heterocycles. The molecule has 0 aliphatic rings. The van der Waals surface area contributed by atoms with Crippen LogP contribution >= 0.6 is 11.3 Å². The van der Waals surface area contributed by atoms with Gasteiger partial charge in [0, 0.05) is 6.92 Å². The van der Waals surface area contributed by atoms with Gasteiger partial charge in [-0.15, -0.1) is 11.3 Å². The van der Waals surface area contributed by atoms with Crippen molar-refractivity contribution >= 4 is 23.3 Å².